The molecule has 0 aromatic heterocycles. The molecule has 230 valence electrons. The van der Waals surface area contributed by atoms with Crippen LogP contribution >= 0.6 is 0 Å². The van der Waals surface area contributed by atoms with Crippen molar-refractivity contribution in [1.29, 1.82) is 0 Å². The highest BCUT2D eigenvalue weighted by molar-refractivity contribution is 5.80. The lowest BCUT2D eigenvalue weighted by Gasteiger charge is -2.38. The molecule has 3 aromatic carbocycles. The molecule has 1 aliphatic rings. The maximum Gasteiger partial charge on any atom is 0.222 e. The first-order valence-electron chi connectivity index (χ1n) is 15.1. The lowest BCUT2D eigenvalue weighted by atomic mass is 9.80. The predicted octanol–water partition coefficient (Wildman–Crippen LogP) is 4.84. The monoisotopic (exact) mass is 588 g/mol. The summed E-state index contributed by atoms with van der Waals surface area (Å²) in [6, 6.07) is 25.4. The summed E-state index contributed by atoms with van der Waals surface area (Å²) in [6.07, 6.45) is 4.02. The van der Waals surface area contributed by atoms with E-state index >= 15 is 0 Å². The zero-order valence-corrected chi connectivity index (χ0v) is 25.2. The van der Waals surface area contributed by atoms with E-state index in [2.05, 4.69) is 0 Å². The Morgan fingerprint density at radius 2 is 1.35 bits per heavy atom. The molecular weight excluding hydrogens is 544 g/mol. The second-order valence-corrected chi connectivity index (χ2v) is 11.1. The molecule has 0 unspecified atom stereocenters. The van der Waals surface area contributed by atoms with Crippen LogP contribution in [0.4, 0.5) is 0 Å². The van der Waals surface area contributed by atoms with E-state index in [0.29, 0.717) is 25.8 Å². The highest BCUT2D eigenvalue weighted by Gasteiger charge is 2.41. The van der Waals surface area contributed by atoms with Crippen LogP contribution in [-0.4, -0.2) is 67.8 Å². The number of amides is 1. The standard InChI is InChI=1S/C35H44N2O6/c1-41-32-18-14-27(15-19-32)35(26-10-6-5-7-11-26,28-16-20-33(42-2)21-17-28)43-25-29-22-31(39)24-37(29)34(40)13-9-4-3-8-12-30(38)23-36/h5-7,10-11,14-21,29,31,39H,3-4,8-9,12-13,22-25,36H2,1-2H3/t29-,31+/m0/s1. The number of β-amino-alcohol motifs (C(OH)–C–C–N with tert-alkyl or cyclic N) is 1. The number of Topliss-reactive ketones (excluding diaryl/α,β-unsaturated/α-hetero) is 1. The minimum absolute atomic E-state index is 0.0161. The summed E-state index contributed by atoms with van der Waals surface area (Å²) in [7, 11) is 3.28. The van der Waals surface area contributed by atoms with Gasteiger partial charge in [0.1, 0.15) is 22.9 Å². The molecule has 1 fully saturated rings. The molecule has 1 aliphatic heterocycles. The van der Waals surface area contributed by atoms with E-state index in [4.69, 9.17) is 19.9 Å². The SMILES string of the molecule is COc1ccc(C(OC[C@@H]2C[C@@H](O)CN2C(=O)CCCCCCC(=O)CN)(c2ccccc2)c2ccc(OC)cc2)cc1. The van der Waals surface area contributed by atoms with Crippen LogP contribution in [-0.2, 0) is 19.9 Å². The molecular formula is C35H44N2O6. The molecule has 0 radical (unpaired) electrons. The van der Waals surface area contributed by atoms with Crippen molar-refractivity contribution in [2.75, 3.05) is 33.9 Å². The zero-order chi connectivity index (χ0) is 30.7. The van der Waals surface area contributed by atoms with E-state index in [1.165, 1.54) is 0 Å². The number of likely N-dealkylation sites (tertiary alicyclic amines) is 1. The highest BCUT2D eigenvalue weighted by Crippen LogP contribution is 2.42. The van der Waals surface area contributed by atoms with Crippen LogP contribution in [0.3, 0.4) is 0 Å². The molecule has 3 N–H and O–H groups in total. The van der Waals surface area contributed by atoms with E-state index in [9.17, 15) is 14.7 Å². The molecule has 1 amide bonds. The number of ketones is 1. The fourth-order valence-corrected chi connectivity index (χ4v) is 5.85. The van der Waals surface area contributed by atoms with Gasteiger partial charge in [-0.2, -0.15) is 0 Å². The van der Waals surface area contributed by atoms with Gasteiger partial charge >= 0.3 is 0 Å². The fourth-order valence-electron chi connectivity index (χ4n) is 5.85. The first-order valence-corrected chi connectivity index (χ1v) is 15.1. The van der Waals surface area contributed by atoms with Gasteiger partial charge in [-0.05, 0) is 60.2 Å². The number of aliphatic hydroxyl groups is 1. The van der Waals surface area contributed by atoms with Gasteiger partial charge in [0.2, 0.25) is 5.91 Å². The summed E-state index contributed by atoms with van der Waals surface area (Å²) >= 11 is 0. The maximum absolute atomic E-state index is 13.3. The van der Waals surface area contributed by atoms with Crippen molar-refractivity contribution in [3.8, 4) is 11.5 Å². The molecule has 8 nitrogen and oxygen atoms in total. The van der Waals surface area contributed by atoms with Crippen molar-refractivity contribution in [3.63, 3.8) is 0 Å². The van der Waals surface area contributed by atoms with Gasteiger partial charge in [0.15, 0.2) is 0 Å². The largest absolute Gasteiger partial charge is 0.497 e. The van der Waals surface area contributed by atoms with Gasteiger partial charge in [-0.3, -0.25) is 9.59 Å². The Bertz CT molecular complexity index is 1250. The molecule has 2 atom stereocenters. The number of carbonyl (C=O) groups is 2. The van der Waals surface area contributed by atoms with Crippen LogP contribution in [0.2, 0.25) is 0 Å². The van der Waals surface area contributed by atoms with Gasteiger partial charge in [-0.1, -0.05) is 67.4 Å². The summed E-state index contributed by atoms with van der Waals surface area (Å²) in [5.41, 5.74) is 7.15. The van der Waals surface area contributed by atoms with Crippen LogP contribution < -0.4 is 15.2 Å². The van der Waals surface area contributed by atoms with Gasteiger partial charge in [-0.25, -0.2) is 0 Å². The molecule has 0 spiro atoms. The number of aliphatic hydroxyl groups excluding tert-OH is 1. The number of methoxy groups -OCH3 is 2. The van der Waals surface area contributed by atoms with Crippen molar-refractivity contribution in [1.82, 2.24) is 4.90 Å². The van der Waals surface area contributed by atoms with Crippen LogP contribution in [0.1, 0.15) is 61.6 Å². The average Bonchev–Trinajstić information content (AvgIpc) is 3.44. The van der Waals surface area contributed by atoms with E-state index in [0.717, 1.165) is 53.9 Å². The molecule has 43 heavy (non-hydrogen) atoms. The third-order valence-corrected chi connectivity index (χ3v) is 8.20. The maximum atomic E-state index is 13.3. The number of hydrogen-bond acceptors (Lipinski definition) is 7. The molecule has 3 aromatic rings. The number of carbonyl (C=O) groups excluding carboxylic acids is 2. The van der Waals surface area contributed by atoms with Crippen LogP contribution in [0, 0.1) is 0 Å². The number of benzene rings is 3. The lowest BCUT2D eigenvalue weighted by Crippen LogP contribution is -2.42. The number of hydrogen-bond donors (Lipinski definition) is 2. The zero-order valence-electron chi connectivity index (χ0n) is 25.2. The average molecular weight is 589 g/mol. The smallest absolute Gasteiger partial charge is 0.222 e. The van der Waals surface area contributed by atoms with Crippen LogP contribution in [0.25, 0.3) is 0 Å². The molecule has 8 heteroatoms. The minimum Gasteiger partial charge on any atom is -0.497 e. The topological polar surface area (TPSA) is 111 Å². The minimum atomic E-state index is -0.997. The third-order valence-electron chi connectivity index (χ3n) is 8.20. The molecule has 1 saturated heterocycles. The van der Waals surface area contributed by atoms with Crippen LogP contribution in [0.15, 0.2) is 78.9 Å². The Kier molecular flexibility index (Phi) is 11.7. The summed E-state index contributed by atoms with van der Waals surface area (Å²) in [5, 5.41) is 10.6. The summed E-state index contributed by atoms with van der Waals surface area (Å²) in [5.74, 6) is 1.56. The second kappa shape index (κ2) is 15.7. The summed E-state index contributed by atoms with van der Waals surface area (Å²) in [6.45, 7) is 0.611. The van der Waals surface area contributed by atoms with Gasteiger partial charge < -0.3 is 30.0 Å². The lowest BCUT2D eigenvalue weighted by molar-refractivity contribution is -0.134. The normalized spacial score (nSPS) is 16.7. The highest BCUT2D eigenvalue weighted by atomic mass is 16.5. The first-order chi connectivity index (χ1) is 20.9. The Balaban J connectivity index is 1.57. The van der Waals surface area contributed by atoms with Crippen LogP contribution in [0.5, 0.6) is 11.5 Å². The Morgan fingerprint density at radius 1 is 0.814 bits per heavy atom. The van der Waals surface area contributed by atoms with E-state index in [1.54, 1.807) is 19.1 Å². The number of ether oxygens (including phenoxy) is 3. The van der Waals surface area contributed by atoms with E-state index in [-0.39, 0.29) is 30.9 Å². The van der Waals surface area contributed by atoms with Crippen molar-refractivity contribution >= 4 is 11.7 Å². The Labute approximate surface area is 254 Å². The van der Waals surface area contributed by atoms with E-state index < -0.39 is 11.7 Å². The molecule has 4 rings (SSSR count). The fraction of sp³-hybridized carbons (Fsp3) is 0.429. The molecule has 0 bridgehead atoms. The first kappa shape index (κ1) is 32.2. The summed E-state index contributed by atoms with van der Waals surface area (Å²) in [4.78, 5) is 26.5. The quantitative estimate of drug-likeness (QED) is 0.182. The molecule has 0 aliphatic carbocycles. The Hall–Kier alpha value is -3.72. The van der Waals surface area contributed by atoms with Crippen molar-refractivity contribution in [2.24, 2.45) is 5.73 Å². The van der Waals surface area contributed by atoms with Crippen molar-refractivity contribution in [2.45, 2.75) is 62.7 Å². The van der Waals surface area contributed by atoms with Gasteiger partial charge in [0.25, 0.3) is 0 Å². The van der Waals surface area contributed by atoms with Crippen molar-refractivity contribution < 1.29 is 28.9 Å². The van der Waals surface area contributed by atoms with Gasteiger partial charge in [0.05, 0.1) is 39.5 Å². The number of rotatable bonds is 16. The number of unbranched alkanes of at least 4 members (excludes halogenated alkanes) is 3. The van der Waals surface area contributed by atoms with Crippen molar-refractivity contribution in [3.05, 3.63) is 95.6 Å². The Morgan fingerprint density at radius 3 is 1.88 bits per heavy atom. The number of nitrogens with two attached hydrogens (primary N) is 1. The molecule has 0 saturated carbocycles. The van der Waals surface area contributed by atoms with Gasteiger partial charge in [-0.15, -0.1) is 0 Å². The number of nitrogens with zero attached hydrogens (tertiary/aromatic N) is 1. The second-order valence-electron chi connectivity index (χ2n) is 11.1. The third kappa shape index (κ3) is 8.02. The van der Waals surface area contributed by atoms with Gasteiger partial charge in [0, 0.05) is 19.4 Å². The summed E-state index contributed by atoms with van der Waals surface area (Å²) < 4.78 is 17.9. The molecule has 1 heterocycles. The van der Waals surface area contributed by atoms with E-state index in [1.807, 2.05) is 78.9 Å². The predicted molar refractivity (Wildman–Crippen MR) is 166 cm³/mol.